The van der Waals surface area contributed by atoms with Crippen LogP contribution < -0.4 is 5.73 Å². The summed E-state index contributed by atoms with van der Waals surface area (Å²) in [6, 6.07) is 5.86. The molecule has 1 aromatic heterocycles. The number of H-pyrrole nitrogens is 1. The summed E-state index contributed by atoms with van der Waals surface area (Å²) in [4.78, 5) is 16.9. The zero-order valence-corrected chi connectivity index (χ0v) is 8.07. The minimum Gasteiger partial charge on any atom is -0.493 e. The Morgan fingerprint density at radius 3 is 2.69 bits per heavy atom. The van der Waals surface area contributed by atoms with E-state index in [1.165, 1.54) is 18.2 Å². The number of amides is 1. The molecule has 0 radical (unpaired) electrons. The first-order chi connectivity index (χ1) is 7.59. The van der Waals surface area contributed by atoms with Gasteiger partial charge in [-0.3, -0.25) is 4.79 Å². The van der Waals surface area contributed by atoms with Crippen molar-refractivity contribution in [2.45, 2.75) is 0 Å². The first kappa shape index (κ1) is 10.2. The fourth-order valence-corrected chi connectivity index (χ4v) is 1.32. The van der Waals surface area contributed by atoms with Crippen LogP contribution in [0.5, 0.6) is 5.88 Å². The third-order valence-corrected chi connectivity index (χ3v) is 2.05. The Bertz CT molecular complexity index is 551. The van der Waals surface area contributed by atoms with Crippen LogP contribution in [-0.2, 0) is 0 Å². The summed E-state index contributed by atoms with van der Waals surface area (Å²) in [5, 5.41) is 9.31. The summed E-state index contributed by atoms with van der Waals surface area (Å²) < 4.78 is 13.4. The maximum absolute atomic E-state index is 13.4. The van der Waals surface area contributed by atoms with Crippen LogP contribution in [0.2, 0.25) is 0 Å². The summed E-state index contributed by atoms with van der Waals surface area (Å²) in [6.07, 6.45) is 0. The average Bonchev–Trinajstić information content (AvgIpc) is 2.61. The number of hydrogen-bond acceptors (Lipinski definition) is 3. The predicted octanol–water partition coefficient (Wildman–Crippen LogP) is 1.02. The molecule has 0 bridgehead atoms. The Morgan fingerprint density at radius 1 is 1.44 bits per heavy atom. The minimum absolute atomic E-state index is 0.0596. The number of hydrogen-bond donors (Lipinski definition) is 3. The van der Waals surface area contributed by atoms with Gasteiger partial charge in [0.25, 0.3) is 5.91 Å². The van der Waals surface area contributed by atoms with E-state index in [9.17, 15) is 14.3 Å². The fourth-order valence-electron chi connectivity index (χ4n) is 1.32. The highest BCUT2D eigenvalue weighted by molar-refractivity contribution is 5.93. The standard InChI is InChI=1S/C10H8FN3O2/c11-6-4-2-1-3-5(6)9-13-7(8(12)15)10(16)14-9/h1-4,16H,(H2,12,15)(H,13,14). The predicted molar refractivity (Wildman–Crippen MR) is 54.2 cm³/mol. The molecular formula is C10H8FN3O2. The number of nitrogens with two attached hydrogens (primary N) is 1. The number of aromatic nitrogens is 2. The van der Waals surface area contributed by atoms with E-state index in [0.29, 0.717) is 0 Å². The Labute approximate surface area is 89.7 Å². The molecule has 0 aliphatic rings. The van der Waals surface area contributed by atoms with Crippen LogP contribution in [0.4, 0.5) is 4.39 Å². The first-order valence-corrected chi connectivity index (χ1v) is 4.43. The molecule has 16 heavy (non-hydrogen) atoms. The number of rotatable bonds is 2. The van der Waals surface area contributed by atoms with E-state index in [0.717, 1.165) is 0 Å². The molecule has 0 spiro atoms. The van der Waals surface area contributed by atoms with Gasteiger partial charge in [0.15, 0.2) is 5.69 Å². The molecule has 0 fully saturated rings. The van der Waals surface area contributed by atoms with Crippen molar-refractivity contribution in [2.24, 2.45) is 5.73 Å². The molecule has 0 unspecified atom stereocenters. The number of benzene rings is 1. The SMILES string of the molecule is NC(=O)c1nc(-c2ccccc2F)[nH]c1O. The van der Waals surface area contributed by atoms with Gasteiger partial charge < -0.3 is 15.8 Å². The highest BCUT2D eigenvalue weighted by atomic mass is 19.1. The quantitative estimate of drug-likeness (QED) is 0.706. The summed E-state index contributed by atoms with van der Waals surface area (Å²) >= 11 is 0. The van der Waals surface area contributed by atoms with E-state index in [-0.39, 0.29) is 17.1 Å². The number of imidazole rings is 1. The van der Waals surface area contributed by atoms with Crippen LogP contribution in [0, 0.1) is 5.82 Å². The molecule has 1 aromatic carbocycles. The maximum Gasteiger partial charge on any atom is 0.272 e. The highest BCUT2D eigenvalue weighted by Gasteiger charge is 2.16. The van der Waals surface area contributed by atoms with Crippen molar-refractivity contribution in [3.63, 3.8) is 0 Å². The highest BCUT2D eigenvalue weighted by Crippen LogP contribution is 2.23. The van der Waals surface area contributed by atoms with Crippen molar-refractivity contribution in [3.05, 3.63) is 35.8 Å². The van der Waals surface area contributed by atoms with Gasteiger partial charge in [0.1, 0.15) is 11.6 Å². The van der Waals surface area contributed by atoms with Crippen LogP contribution in [0.1, 0.15) is 10.5 Å². The Balaban J connectivity index is 2.54. The van der Waals surface area contributed by atoms with E-state index >= 15 is 0 Å². The van der Waals surface area contributed by atoms with Gasteiger partial charge in [-0.2, -0.15) is 0 Å². The molecule has 2 rings (SSSR count). The van der Waals surface area contributed by atoms with Gasteiger partial charge in [-0.15, -0.1) is 0 Å². The molecule has 6 heteroatoms. The van der Waals surface area contributed by atoms with Crippen LogP contribution >= 0.6 is 0 Å². The van der Waals surface area contributed by atoms with Crippen molar-refractivity contribution in [1.82, 2.24) is 9.97 Å². The number of aromatic hydroxyl groups is 1. The third-order valence-electron chi connectivity index (χ3n) is 2.05. The van der Waals surface area contributed by atoms with Gasteiger partial charge in [0.2, 0.25) is 5.88 Å². The van der Waals surface area contributed by atoms with E-state index in [4.69, 9.17) is 5.73 Å². The molecule has 0 saturated carbocycles. The van der Waals surface area contributed by atoms with Crippen molar-refractivity contribution >= 4 is 5.91 Å². The lowest BCUT2D eigenvalue weighted by Crippen LogP contribution is -2.11. The minimum atomic E-state index is -0.878. The summed E-state index contributed by atoms with van der Waals surface area (Å²) in [7, 11) is 0. The van der Waals surface area contributed by atoms with E-state index in [2.05, 4.69) is 9.97 Å². The topological polar surface area (TPSA) is 92.0 Å². The maximum atomic E-state index is 13.4. The van der Waals surface area contributed by atoms with Crippen LogP contribution in [-0.4, -0.2) is 21.0 Å². The number of halogens is 1. The van der Waals surface area contributed by atoms with Crippen LogP contribution in [0.25, 0.3) is 11.4 Å². The lowest BCUT2D eigenvalue weighted by molar-refractivity contribution is 0.0993. The molecule has 0 atom stereocenters. The Kier molecular flexibility index (Phi) is 2.32. The Hall–Kier alpha value is -2.37. The van der Waals surface area contributed by atoms with Crippen molar-refractivity contribution in [3.8, 4) is 17.3 Å². The number of nitrogens with one attached hydrogen (secondary N) is 1. The van der Waals surface area contributed by atoms with Crippen molar-refractivity contribution in [2.75, 3.05) is 0 Å². The molecular weight excluding hydrogens is 213 g/mol. The molecule has 0 aliphatic carbocycles. The number of aromatic amines is 1. The van der Waals surface area contributed by atoms with Gasteiger partial charge in [-0.25, -0.2) is 9.37 Å². The zero-order valence-electron chi connectivity index (χ0n) is 8.07. The molecule has 0 saturated heterocycles. The number of nitrogens with zero attached hydrogens (tertiary/aromatic N) is 1. The average molecular weight is 221 g/mol. The molecule has 1 heterocycles. The fraction of sp³-hybridized carbons (Fsp3) is 0. The molecule has 4 N–H and O–H groups in total. The first-order valence-electron chi connectivity index (χ1n) is 4.43. The van der Waals surface area contributed by atoms with Gasteiger partial charge >= 0.3 is 0 Å². The molecule has 2 aromatic rings. The van der Waals surface area contributed by atoms with Gasteiger partial charge in [0.05, 0.1) is 5.56 Å². The second kappa shape index (κ2) is 3.65. The largest absolute Gasteiger partial charge is 0.493 e. The second-order valence-corrected chi connectivity index (χ2v) is 3.13. The number of primary amides is 1. The summed E-state index contributed by atoms with van der Waals surface area (Å²) in [5.74, 6) is -1.79. The third kappa shape index (κ3) is 1.60. The normalized spacial score (nSPS) is 10.3. The summed E-state index contributed by atoms with van der Waals surface area (Å²) in [5.41, 5.74) is 4.82. The molecule has 5 nitrogen and oxygen atoms in total. The second-order valence-electron chi connectivity index (χ2n) is 3.13. The monoisotopic (exact) mass is 221 g/mol. The van der Waals surface area contributed by atoms with Gasteiger partial charge in [0, 0.05) is 0 Å². The van der Waals surface area contributed by atoms with E-state index < -0.39 is 17.6 Å². The van der Waals surface area contributed by atoms with Crippen molar-refractivity contribution in [1.29, 1.82) is 0 Å². The summed E-state index contributed by atoms with van der Waals surface area (Å²) in [6.45, 7) is 0. The van der Waals surface area contributed by atoms with E-state index in [1.807, 2.05) is 0 Å². The molecule has 0 aliphatic heterocycles. The Morgan fingerprint density at radius 2 is 2.12 bits per heavy atom. The van der Waals surface area contributed by atoms with Crippen LogP contribution in [0.15, 0.2) is 24.3 Å². The lowest BCUT2D eigenvalue weighted by atomic mass is 10.2. The molecule has 1 amide bonds. The van der Waals surface area contributed by atoms with Crippen molar-refractivity contribution < 1.29 is 14.3 Å². The number of carbonyl (C=O) groups excluding carboxylic acids is 1. The number of carbonyl (C=O) groups is 1. The van der Waals surface area contributed by atoms with E-state index in [1.54, 1.807) is 6.07 Å². The lowest BCUT2D eigenvalue weighted by Gasteiger charge is -1.96. The van der Waals surface area contributed by atoms with Crippen LogP contribution in [0.3, 0.4) is 0 Å². The zero-order chi connectivity index (χ0) is 11.7. The van der Waals surface area contributed by atoms with Gasteiger partial charge in [-0.05, 0) is 12.1 Å². The molecule has 82 valence electrons. The van der Waals surface area contributed by atoms with Gasteiger partial charge in [-0.1, -0.05) is 12.1 Å². The smallest absolute Gasteiger partial charge is 0.272 e.